The minimum absolute atomic E-state index is 0.135. The van der Waals surface area contributed by atoms with Crippen LogP contribution in [-0.4, -0.2) is 34.4 Å². The van der Waals surface area contributed by atoms with Crippen molar-refractivity contribution >= 4 is 17.8 Å². The molecule has 194 valence electrons. The molecule has 5 heteroatoms. The Labute approximate surface area is 220 Å². The summed E-state index contributed by atoms with van der Waals surface area (Å²) in [6.07, 6.45) is 3.78. The van der Waals surface area contributed by atoms with Gasteiger partial charge in [-0.1, -0.05) is 88.4 Å². The average Bonchev–Trinajstić information content (AvgIpc) is 2.88. The Hall–Kier alpha value is -3.73. The Morgan fingerprint density at radius 2 is 1.54 bits per heavy atom. The van der Waals surface area contributed by atoms with Crippen molar-refractivity contribution in [3.05, 3.63) is 95.1 Å². The molecule has 0 radical (unpaired) electrons. The number of nitrogens with zero attached hydrogens (tertiary/aromatic N) is 2. The number of amides is 2. The Morgan fingerprint density at radius 1 is 0.865 bits per heavy atom. The molecule has 0 saturated carbocycles. The normalized spacial score (nSPS) is 12.8. The zero-order valence-electron chi connectivity index (χ0n) is 22.6. The molecule has 0 aromatic heterocycles. The van der Waals surface area contributed by atoms with Gasteiger partial charge in [0.05, 0.1) is 5.56 Å². The molecule has 4 rings (SSSR count). The van der Waals surface area contributed by atoms with Gasteiger partial charge in [-0.05, 0) is 71.6 Å². The van der Waals surface area contributed by atoms with Gasteiger partial charge in [-0.2, -0.15) is 4.99 Å². The van der Waals surface area contributed by atoms with E-state index in [1.165, 1.54) is 16.7 Å². The van der Waals surface area contributed by atoms with Gasteiger partial charge in [-0.15, -0.1) is 0 Å². The molecule has 5 nitrogen and oxygen atoms in total. The molecule has 3 aromatic rings. The van der Waals surface area contributed by atoms with Crippen LogP contribution < -0.4 is 0 Å². The number of carbonyl (C=O) groups is 2. The summed E-state index contributed by atoms with van der Waals surface area (Å²) in [5.74, 6) is -0.0354. The highest BCUT2D eigenvalue weighted by molar-refractivity contribution is 6.11. The lowest BCUT2D eigenvalue weighted by atomic mass is 9.86. The minimum atomic E-state index is -0.918. The molecule has 0 unspecified atom stereocenters. The second-order valence-electron chi connectivity index (χ2n) is 10.3. The van der Waals surface area contributed by atoms with E-state index in [4.69, 9.17) is 5.11 Å². The molecule has 0 saturated heterocycles. The van der Waals surface area contributed by atoms with Gasteiger partial charge in [0.15, 0.2) is 0 Å². The van der Waals surface area contributed by atoms with E-state index in [1.54, 1.807) is 17.0 Å². The first-order chi connectivity index (χ1) is 17.6. The molecule has 0 spiro atoms. The number of rotatable bonds is 8. The Balaban J connectivity index is 0.000000266. The predicted molar refractivity (Wildman–Crippen MR) is 152 cm³/mol. The summed E-state index contributed by atoms with van der Waals surface area (Å²) in [6.45, 7) is 11.5. The van der Waals surface area contributed by atoms with Crippen LogP contribution in [-0.2, 0) is 18.3 Å². The topological polar surface area (TPSA) is 70.0 Å². The van der Waals surface area contributed by atoms with Crippen LogP contribution in [0.15, 0.2) is 77.8 Å². The summed E-state index contributed by atoms with van der Waals surface area (Å²) in [5.41, 5.74) is 6.69. The third-order valence-electron chi connectivity index (χ3n) is 6.57. The molecule has 0 aliphatic carbocycles. The summed E-state index contributed by atoms with van der Waals surface area (Å²) >= 11 is 0. The van der Waals surface area contributed by atoms with E-state index in [-0.39, 0.29) is 17.0 Å². The molecule has 3 aromatic carbocycles. The highest BCUT2D eigenvalue weighted by Crippen LogP contribution is 2.23. The Bertz CT molecular complexity index is 1240. The van der Waals surface area contributed by atoms with Gasteiger partial charge in [0.1, 0.15) is 5.84 Å². The second-order valence-corrected chi connectivity index (χ2v) is 10.3. The summed E-state index contributed by atoms with van der Waals surface area (Å²) in [7, 11) is 0. The largest absolute Gasteiger partial charge is 0.478 e. The molecular weight excluding hydrogens is 460 g/mol. The van der Waals surface area contributed by atoms with Gasteiger partial charge in [0, 0.05) is 13.0 Å². The zero-order chi connectivity index (χ0) is 27.0. The van der Waals surface area contributed by atoms with Gasteiger partial charge < -0.3 is 5.11 Å². The molecule has 1 heterocycles. The van der Waals surface area contributed by atoms with E-state index in [2.05, 4.69) is 69.1 Å². The lowest BCUT2D eigenvalue weighted by Crippen LogP contribution is -2.43. The van der Waals surface area contributed by atoms with Crippen molar-refractivity contribution in [1.29, 1.82) is 0 Å². The summed E-state index contributed by atoms with van der Waals surface area (Å²) < 4.78 is 0. The first-order valence-electron chi connectivity index (χ1n) is 13.0. The van der Waals surface area contributed by atoms with E-state index in [0.29, 0.717) is 6.54 Å². The third kappa shape index (κ3) is 7.63. The van der Waals surface area contributed by atoms with E-state index < -0.39 is 5.97 Å². The average molecular weight is 499 g/mol. The number of hydrogen-bond donors (Lipinski definition) is 1. The number of aliphatic imine (C=N–C) groups is 1. The van der Waals surface area contributed by atoms with Crippen molar-refractivity contribution in [2.45, 2.75) is 65.7 Å². The Kier molecular flexibility index (Phi) is 9.40. The van der Waals surface area contributed by atoms with Crippen LogP contribution in [0.1, 0.15) is 74.5 Å². The van der Waals surface area contributed by atoms with Crippen LogP contribution in [0.2, 0.25) is 0 Å². The number of carboxylic acids is 1. The predicted octanol–water partition coefficient (Wildman–Crippen LogP) is 7.78. The Morgan fingerprint density at radius 3 is 2.08 bits per heavy atom. The number of hydrogen-bond acceptors (Lipinski definition) is 2. The van der Waals surface area contributed by atoms with Gasteiger partial charge in [0.2, 0.25) is 0 Å². The van der Waals surface area contributed by atoms with Crippen LogP contribution in [0.4, 0.5) is 4.79 Å². The number of benzene rings is 3. The molecule has 0 fully saturated rings. The highest BCUT2D eigenvalue weighted by Gasteiger charge is 2.26. The van der Waals surface area contributed by atoms with Crippen molar-refractivity contribution in [2.75, 3.05) is 6.54 Å². The van der Waals surface area contributed by atoms with Crippen molar-refractivity contribution in [1.82, 2.24) is 4.90 Å². The van der Waals surface area contributed by atoms with E-state index in [9.17, 15) is 9.59 Å². The lowest BCUT2D eigenvalue weighted by Gasteiger charge is -2.27. The summed E-state index contributed by atoms with van der Waals surface area (Å²) in [4.78, 5) is 27.9. The van der Waals surface area contributed by atoms with Crippen LogP contribution in [0.3, 0.4) is 0 Å². The van der Waals surface area contributed by atoms with Gasteiger partial charge in [0.25, 0.3) is 0 Å². The molecule has 1 aliphatic rings. The fourth-order valence-corrected chi connectivity index (χ4v) is 4.21. The first kappa shape index (κ1) is 27.9. The van der Waals surface area contributed by atoms with E-state index in [1.807, 2.05) is 31.2 Å². The maximum Gasteiger partial charge on any atom is 0.350 e. The van der Waals surface area contributed by atoms with E-state index >= 15 is 0 Å². The molecule has 1 N–H and O–H groups in total. The van der Waals surface area contributed by atoms with Gasteiger partial charge in [-0.25, -0.2) is 9.59 Å². The number of carboxylic acid groups (broad SMARTS) is 1. The van der Waals surface area contributed by atoms with Gasteiger partial charge >= 0.3 is 12.0 Å². The van der Waals surface area contributed by atoms with Crippen LogP contribution in [0.25, 0.3) is 11.1 Å². The van der Waals surface area contributed by atoms with Crippen molar-refractivity contribution in [2.24, 2.45) is 4.99 Å². The van der Waals surface area contributed by atoms with E-state index in [0.717, 1.165) is 42.6 Å². The molecule has 1 aliphatic heterocycles. The molecular formula is C32H38N2O3. The minimum Gasteiger partial charge on any atom is -0.478 e. The standard InChI is InChI=1S/C20H20N2O3.C12H18/c1-2-22-18(21-20(22)25)8-4-6-14-5-3-7-17(13-14)15-9-11-16(12-10-15)19(23)24;1-5-10-6-8-11(9-7-10)12(2,3)4/h3,5,7,9-13H,2,4,6,8H2,1H3,(H,23,24);6-9H,5H2,1-4H3. The number of amidine groups is 1. The van der Waals surface area contributed by atoms with Crippen LogP contribution >= 0.6 is 0 Å². The second kappa shape index (κ2) is 12.5. The fourth-order valence-electron chi connectivity index (χ4n) is 4.21. The SMILES string of the molecule is CCN1C(=O)N=C1CCCc1cccc(-c2ccc(C(=O)O)cc2)c1.CCc1ccc(C(C)(C)C)cc1. The van der Waals surface area contributed by atoms with Crippen molar-refractivity contribution in [3.63, 3.8) is 0 Å². The lowest BCUT2D eigenvalue weighted by molar-refractivity contribution is 0.0697. The maximum absolute atomic E-state index is 11.3. The summed E-state index contributed by atoms with van der Waals surface area (Å²) in [5, 5.41) is 8.98. The molecule has 0 bridgehead atoms. The molecule has 0 atom stereocenters. The monoisotopic (exact) mass is 498 g/mol. The quantitative estimate of drug-likeness (QED) is 0.345. The number of aryl methyl sites for hydroxylation is 2. The maximum atomic E-state index is 11.3. The summed E-state index contributed by atoms with van der Waals surface area (Å²) in [6, 6.07) is 23.9. The number of urea groups is 1. The highest BCUT2D eigenvalue weighted by atomic mass is 16.4. The number of aromatic carboxylic acids is 1. The fraction of sp³-hybridized carbons (Fsp3) is 0.344. The third-order valence-corrected chi connectivity index (χ3v) is 6.57. The smallest absolute Gasteiger partial charge is 0.350 e. The molecule has 2 amide bonds. The zero-order valence-corrected chi connectivity index (χ0v) is 22.6. The van der Waals surface area contributed by atoms with Crippen LogP contribution in [0.5, 0.6) is 0 Å². The van der Waals surface area contributed by atoms with Gasteiger partial charge in [-0.3, -0.25) is 4.90 Å². The number of carbonyl (C=O) groups excluding carboxylic acids is 1. The molecule has 37 heavy (non-hydrogen) atoms. The van der Waals surface area contributed by atoms with Crippen molar-refractivity contribution in [3.8, 4) is 11.1 Å². The first-order valence-corrected chi connectivity index (χ1v) is 13.0. The van der Waals surface area contributed by atoms with Crippen LogP contribution in [0, 0.1) is 0 Å². The van der Waals surface area contributed by atoms with Crippen molar-refractivity contribution < 1.29 is 14.7 Å².